The maximum Gasteiger partial charge on any atom is 0.304 e. The Labute approximate surface area is 403 Å². The van der Waals surface area contributed by atoms with E-state index in [2.05, 4.69) is 242 Å². The van der Waals surface area contributed by atoms with Crippen LogP contribution >= 0.6 is 0 Å². The number of nitrogens with zero attached hydrogens (tertiary/aromatic N) is 3. The largest absolute Gasteiger partial charge is 0.455 e. The average Bonchev–Trinajstić information content (AvgIpc) is 3.95. The number of aliphatic imine (C=N–C) groups is 1. The van der Waals surface area contributed by atoms with E-state index in [1.54, 1.807) is 0 Å². The number of aryl methyl sites for hydroxylation is 1. The molecule has 9 aromatic carbocycles. The summed E-state index contributed by atoms with van der Waals surface area (Å²) in [6, 6.07) is 75.9. The number of fused-ring (bicyclic) bond motifs is 5. The Morgan fingerprint density at radius 3 is 1.83 bits per heavy atom. The summed E-state index contributed by atoms with van der Waals surface area (Å²) in [7, 11) is 0. The van der Waals surface area contributed by atoms with Gasteiger partial charge in [-0.3, -0.25) is 4.99 Å². The first-order valence-corrected chi connectivity index (χ1v) is 23.8. The first kappa shape index (κ1) is 41.8. The Morgan fingerprint density at radius 1 is 0.594 bits per heavy atom. The molecule has 0 aliphatic carbocycles. The molecule has 3 heterocycles. The number of hydrogen-bond acceptors (Lipinski definition) is 2. The summed E-state index contributed by atoms with van der Waals surface area (Å²) < 4.78 is 12.2. The second-order valence-corrected chi connectivity index (χ2v) is 18.2. The van der Waals surface area contributed by atoms with Crippen molar-refractivity contribution in [3.8, 4) is 61.6 Å². The van der Waals surface area contributed by atoms with Gasteiger partial charge in [0.05, 0.1) is 11.8 Å². The van der Waals surface area contributed by atoms with Crippen molar-refractivity contribution < 1.29 is 8.98 Å². The molecule has 0 radical (unpaired) electrons. The molecular formula is C65H50N3O+. The maximum atomic E-state index is 7.27. The number of aromatic nitrogens is 2. The van der Waals surface area contributed by atoms with Crippen LogP contribution in [0.4, 0.5) is 0 Å². The Hall–Kier alpha value is -8.60. The normalized spacial score (nSPS) is 14.5. The van der Waals surface area contributed by atoms with Crippen molar-refractivity contribution in [3.63, 3.8) is 0 Å². The second kappa shape index (κ2) is 17.2. The van der Waals surface area contributed by atoms with Crippen LogP contribution < -0.4 is 4.57 Å². The van der Waals surface area contributed by atoms with E-state index in [9.17, 15) is 0 Å². The number of rotatable bonds is 10. The summed E-state index contributed by atoms with van der Waals surface area (Å²) in [5.41, 5.74) is 20.4. The molecule has 0 saturated carbocycles. The Morgan fingerprint density at radius 2 is 1.14 bits per heavy atom. The molecule has 69 heavy (non-hydrogen) atoms. The standard InChI is InChI=1S/C65H50N3O/c1-5-57-54-27-16-15-26-51(54)44(4)58(66-57)40-43(3)67-59-30-17-18-31-60(59)68(63-52(48-22-11-7-12-23-48)28-19-29-53(63)49-24-13-8-14-25-49)65(67)62-42(2)32-38-56-55-39-37-50(41-61(55)69-64(56)62)47-35-33-46(34-36-47)45-20-9-6-10-21-45/h5-39,41,44,58H,1,3,40H2,2,4H3/q+1. The summed E-state index contributed by atoms with van der Waals surface area (Å²) in [6.45, 7) is 13.7. The molecule has 0 fully saturated rings. The van der Waals surface area contributed by atoms with Crippen molar-refractivity contribution in [2.45, 2.75) is 32.2 Å². The number of imidazole rings is 1. The lowest BCUT2D eigenvalue weighted by molar-refractivity contribution is -0.542. The van der Waals surface area contributed by atoms with Crippen molar-refractivity contribution in [1.82, 2.24) is 4.57 Å². The first-order valence-electron chi connectivity index (χ1n) is 23.8. The highest BCUT2D eigenvalue weighted by Crippen LogP contribution is 2.45. The van der Waals surface area contributed by atoms with Gasteiger partial charge < -0.3 is 4.42 Å². The molecule has 1 aliphatic heterocycles. The minimum Gasteiger partial charge on any atom is -0.455 e. The second-order valence-electron chi connectivity index (χ2n) is 18.2. The van der Waals surface area contributed by atoms with E-state index < -0.39 is 0 Å². The molecule has 0 bridgehead atoms. The van der Waals surface area contributed by atoms with Crippen molar-refractivity contribution in [2.24, 2.45) is 4.99 Å². The quantitative estimate of drug-likeness (QED) is 0.126. The van der Waals surface area contributed by atoms with Gasteiger partial charge in [-0.25, -0.2) is 0 Å². The first-order chi connectivity index (χ1) is 33.9. The third-order valence-corrected chi connectivity index (χ3v) is 14.2. The molecule has 2 unspecified atom stereocenters. The zero-order chi connectivity index (χ0) is 46.6. The van der Waals surface area contributed by atoms with Crippen LogP contribution in [0.15, 0.2) is 241 Å². The van der Waals surface area contributed by atoms with E-state index in [0.29, 0.717) is 6.42 Å². The van der Waals surface area contributed by atoms with E-state index in [1.165, 1.54) is 16.7 Å². The van der Waals surface area contributed by atoms with Crippen LogP contribution in [0.1, 0.15) is 36.0 Å². The monoisotopic (exact) mass is 888 g/mol. The van der Waals surface area contributed by atoms with Gasteiger partial charge in [0, 0.05) is 39.8 Å². The van der Waals surface area contributed by atoms with Crippen LogP contribution in [0.2, 0.25) is 0 Å². The van der Waals surface area contributed by atoms with Crippen LogP contribution in [0.25, 0.3) is 100 Å². The SMILES string of the molecule is C=CC1=NC(CC(=C)[n+]2c(-c3c(C)ccc4c3oc3cc(-c5ccc(-c6ccccc6)cc5)ccc34)n(-c3c(-c4ccccc4)cccc3-c3ccccc3)c3ccccc32)C(C)c2ccccc21. The lowest BCUT2D eigenvalue weighted by Gasteiger charge is -2.28. The van der Waals surface area contributed by atoms with E-state index in [0.717, 1.165) is 106 Å². The van der Waals surface area contributed by atoms with Gasteiger partial charge in [0.2, 0.25) is 0 Å². The highest BCUT2D eigenvalue weighted by molar-refractivity contribution is 6.11. The summed E-state index contributed by atoms with van der Waals surface area (Å²) in [6.07, 6.45) is 2.51. The summed E-state index contributed by atoms with van der Waals surface area (Å²) in [5, 5.41) is 2.13. The summed E-state index contributed by atoms with van der Waals surface area (Å²) >= 11 is 0. The molecule has 12 rings (SSSR count). The Kier molecular flexibility index (Phi) is 10.4. The molecule has 330 valence electrons. The third kappa shape index (κ3) is 7.15. The van der Waals surface area contributed by atoms with Crippen molar-refractivity contribution in [1.29, 1.82) is 0 Å². The molecule has 0 spiro atoms. The molecule has 0 saturated heterocycles. The molecule has 1 aliphatic rings. The van der Waals surface area contributed by atoms with Crippen molar-refractivity contribution >= 4 is 44.4 Å². The molecule has 2 atom stereocenters. The number of hydrogen-bond donors (Lipinski definition) is 0. The van der Waals surface area contributed by atoms with Gasteiger partial charge in [-0.2, -0.15) is 9.13 Å². The van der Waals surface area contributed by atoms with E-state index >= 15 is 0 Å². The lowest BCUT2D eigenvalue weighted by atomic mass is 9.83. The zero-order valence-corrected chi connectivity index (χ0v) is 38.8. The number of furan rings is 1. The maximum absolute atomic E-state index is 7.27. The molecular weight excluding hydrogens is 839 g/mol. The molecule has 2 aromatic heterocycles. The fourth-order valence-corrected chi connectivity index (χ4v) is 10.7. The van der Waals surface area contributed by atoms with Gasteiger partial charge in [0.1, 0.15) is 22.5 Å². The molecule has 0 N–H and O–H groups in total. The molecule has 11 aromatic rings. The molecule has 4 heteroatoms. The average molecular weight is 889 g/mol. The lowest BCUT2D eigenvalue weighted by Crippen LogP contribution is -2.37. The van der Waals surface area contributed by atoms with Gasteiger partial charge >= 0.3 is 5.82 Å². The summed E-state index contributed by atoms with van der Waals surface area (Å²) in [4.78, 5) is 5.39. The van der Waals surface area contributed by atoms with Gasteiger partial charge in [-0.05, 0) is 81.8 Å². The number of benzene rings is 9. The van der Waals surface area contributed by atoms with Crippen molar-refractivity contribution in [2.75, 3.05) is 0 Å². The highest BCUT2D eigenvalue weighted by Gasteiger charge is 2.37. The van der Waals surface area contributed by atoms with Gasteiger partial charge in [0.15, 0.2) is 16.6 Å². The predicted octanol–water partition coefficient (Wildman–Crippen LogP) is 16.5. The van der Waals surface area contributed by atoms with E-state index in [1.807, 2.05) is 6.08 Å². The highest BCUT2D eigenvalue weighted by atomic mass is 16.3. The van der Waals surface area contributed by atoms with Crippen LogP contribution in [-0.2, 0) is 0 Å². The van der Waals surface area contributed by atoms with E-state index in [4.69, 9.17) is 16.0 Å². The fraction of sp³-hybridized carbons (Fsp3) is 0.0769. The minimum absolute atomic E-state index is 0.0670. The third-order valence-electron chi connectivity index (χ3n) is 14.2. The van der Waals surface area contributed by atoms with Gasteiger partial charge in [0.25, 0.3) is 0 Å². The molecule has 4 nitrogen and oxygen atoms in total. The minimum atomic E-state index is -0.0670. The van der Waals surface area contributed by atoms with Crippen LogP contribution in [0.5, 0.6) is 0 Å². The van der Waals surface area contributed by atoms with E-state index in [-0.39, 0.29) is 12.0 Å². The predicted molar refractivity (Wildman–Crippen MR) is 288 cm³/mol. The summed E-state index contributed by atoms with van der Waals surface area (Å²) in [5.74, 6) is 1.13. The smallest absolute Gasteiger partial charge is 0.304 e. The molecule has 0 amide bonds. The van der Waals surface area contributed by atoms with Crippen molar-refractivity contribution in [3.05, 3.63) is 248 Å². The Bertz CT molecular complexity index is 3740. The van der Waals surface area contributed by atoms with Crippen LogP contribution in [-0.4, -0.2) is 16.3 Å². The number of para-hydroxylation sites is 3. The number of allylic oxidation sites excluding steroid dienone is 1. The van der Waals surface area contributed by atoms with Gasteiger partial charge in [-0.1, -0.05) is 208 Å². The topological polar surface area (TPSA) is 34.3 Å². The van der Waals surface area contributed by atoms with Gasteiger partial charge in [-0.15, -0.1) is 0 Å². The van der Waals surface area contributed by atoms with Crippen LogP contribution in [0, 0.1) is 6.92 Å². The zero-order valence-electron chi connectivity index (χ0n) is 38.8. The Balaban J connectivity index is 1.12. The fourth-order valence-electron chi connectivity index (χ4n) is 10.7. The van der Waals surface area contributed by atoms with Crippen LogP contribution in [0.3, 0.4) is 0 Å².